The van der Waals surface area contributed by atoms with Gasteiger partial charge in [-0.3, -0.25) is 0 Å². The van der Waals surface area contributed by atoms with Crippen LogP contribution in [0.4, 0.5) is 0 Å². The van der Waals surface area contributed by atoms with E-state index in [-0.39, 0.29) is 12.1 Å². The minimum Gasteiger partial charge on any atom is -0.497 e. The van der Waals surface area contributed by atoms with Crippen LogP contribution in [-0.2, 0) is 4.74 Å². The van der Waals surface area contributed by atoms with Gasteiger partial charge < -0.3 is 13.9 Å². The van der Waals surface area contributed by atoms with Crippen LogP contribution < -0.4 is 4.74 Å². The maximum Gasteiger partial charge on any atom is 0.342 e. The van der Waals surface area contributed by atoms with Gasteiger partial charge in [-0.2, -0.15) is 0 Å². The highest BCUT2D eigenvalue weighted by Crippen LogP contribution is 2.18. The van der Waals surface area contributed by atoms with Gasteiger partial charge in [0.2, 0.25) is 0 Å². The Bertz CT molecular complexity index is 620. The fourth-order valence-corrected chi connectivity index (χ4v) is 1.78. The maximum absolute atomic E-state index is 11.9. The Morgan fingerprint density at radius 3 is 2.48 bits per heavy atom. The molecule has 0 spiro atoms. The molecule has 0 aliphatic rings. The van der Waals surface area contributed by atoms with Gasteiger partial charge >= 0.3 is 5.97 Å². The predicted molar refractivity (Wildman–Crippen MR) is 81.2 cm³/mol. The van der Waals surface area contributed by atoms with Crippen molar-refractivity contribution in [2.24, 2.45) is 0 Å². The monoisotopic (exact) mass is 286 g/mol. The summed E-state index contributed by atoms with van der Waals surface area (Å²) >= 11 is 0. The third-order valence-corrected chi connectivity index (χ3v) is 2.80. The lowest BCUT2D eigenvalue weighted by Crippen LogP contribution is -2.11. The van der Waals surface area contributed by atoms with Crippen LogP contribution in [0.1, 0.15) is 35.5 Å². The van der Waals surface area contributed by atoms with Crippen molar-refractivity contribution >= 4 is 18.1 Å². The molecule has 0 saturated heterocycles. The number of benzene rings is 1. The highest BCUT2D eigenvalue weighted by molar-refractivity contribution is 5.93. The molecular formula is C17H18O4. The summed E-state index contributed by atoms with van der Waals surface area (Å²) in [6.45, 7) is 3.62. The summed E-state index contributed by atoms with van der Waals surface area (Å²) < 4.78 is 15.6. The zero-order valence-corrected chi connectivity index (χ0v) is 12.3. The second-order valence-corrected chi connectivity index (χ2v) is 4.76. The minimum atomic E-state index is -0.381. The van der Waals surface area contributed by atoms with Crippen molar-refractivity contribution in [3.63, 3.8) is 0 Å². The van der Waals surface area contributed by atoms with Gasteiger partial charge in [0.1, 0.15) is 17.1 Å². The number of rotatable bonds is 5. The first-order valence-electron chi connectivity index (χ1n) is 6.70. The smallest absolute Gasteiger partial charge is 0.342 e. The highest BCUT2D eigenvalue weighted by Gasteiger charge is 2.15. The van der Waals surface area contributed by atoms with E-state index in [4.69, 9.17) is 13.9 Å². The van der Waals surface area contributed by atoms with Crippen molar-refractivity contribution < 1.29 is 18.7 Å². The molecular weight excluding hydrogens is 268 g/mol. The SMILES string of the molecule is COc1ccc(/C=C/c2occc2C(=O)OC(C)C)cc1. The molecule has 0 N–H and O–H groups in total. The van der Waals surface area contributed by atoms with Crippen molar-refractivity contribution in [2.45, 2.75) is 20.0 Å². The van der Waals surface area contributed by atoms with E-state index in [1.807, 2.05) is 44.2 Å². The number of carbonyl (C=O) groups excluding carboxylic acids is 1. The number of hydrogen-bond acceptors (Lipinski definition) is 4. The number of ether oxygens (including phenoxy) is 2. The zero-order valence-electron chi connectivity index (χ0n) is 12.3. The first kappa shape index (κ1) is 14.9. The van der Waals surface area contributed by atoms with Gasteiger partial charge in [0.25, 0.3) is 0 Å². The Morgan fingerprint density at radius 2 is 1.86 bits per heavy atom. The van der Waals surface area contributed by atoms with Crippen LogP contribution in [0.3, 0.4) is 0 Å². The summed E-state index contributed by atoms with van der Waals surface area (Å²) in [6.07, 6.45) is 4.93. The summed E-state index contributed by atoms with van der Waals surface area (Å²) in [4.78, 5) is 11.9. The quantitative estimate of drug-likeness (QED) is 0.779. The summed E-state index contributed by atoms with van der Waals surface area (Å²) in [6, 6.07) is 9.19. The molecule has 0 radical (unpaired) electrons. The van der Waals surface area contributed by atoms with Gasteiger partial charge in [0.05, 0.1) is 19.5 Å². The topological polar surface area (TPSA) is 48.7 Å². The normalized spacial score (nSPS) is 11.0. The molecule has 1 aromatic carbocycles. The van der Waals surface area contributed by atoms with Crippen LogP contribution in [0.25, 0.3) is 12.2 Å². The summed E-state index contributed by atoms with van der Waals surface area (Å²) in [5.74, 6) is 0.899. The molecule has 0 amide bonds. The van der Waals surface area contributed by atoms with Crippen LogP contribution >= 0.6 is 0 Å². The molecule has 1 heterocycles. The van der Waals surface area contributed by atoms with Gasteiger partial charge in [-0.05, 0) is 43.7 Å². The van der Waals surface area contributed by atoms with E-state index in [1.165, 1.54) is 6.26 Å². The van der Waals surface area contributed by atoms with Crippen molar-refractivity contribution in [1.29, 1.82) is 0 Å². The van der Waals surface area contributed by atoms with E-state index in [0.717, 1.165) is 11.3 Å². The average molecular weight is 286 g/mol. The fourth-order valence-electron chi connectivity index (χ4n) is 1.78. The van der Waals surface area contributed by atoms with Crippen molar-refractivity contribution in [1.82, 2.24) is 0 Å². The molecule has 0 aliphatic heterocycles. The number of methoxy groups -OCH3 is 1. The molecule has 1 aromatic heterocycles. The molecule has 0 saturated carbocycles. The molecule has 2 aromatic rings. The van der Waals surface area contributed by atoms with Crippen molar-refractivity contribution in [2.75, 3.05) is 7.11 Å². The number of esters is 1. The van der Waals surface area contributed by atoms with E-state index < -0.39 is 0 Å². The Morgan fingerprint density at radius 1 is 1.14 bits per heavy atom. The van der Waals surface area contributed by atoms with Gasteiger partial charge in [0, 0.05) is 0 Å². The molecule has 21 heavy (non-hydrogen) atoms. The second-order valence-electron chi connectivity index (χ2n) is 4.76. The summed E-state index contributed by atoms with van der Waals surface area (Å²) in [5.41, 5.74) is 1.41. The van der Waals surface area contributed by atoms with Gasteiger partial charge in [0.15, 0.2) is 0 Å². The van der Waals surface area contributed by atoms with E-state index in [9.17, 15) is 4.79 Å². The second kappa shape index (κ2) is 6.79. The first-order valence-corrected chi connectivity index (χ1v) is 6.70. The number of hydrogen-bond donors (Lipinski definition) is 0. The van der Waals surface area contributed by atoms with Gasteiger partial charge in [-0.1, -0.05) is 18.2 Å². The third kappa shape index (κ3) is 3.99. The highest BCUT2D eigenvalue weighted by atomic mass is 16.5. The van der Waals surface area contributed by atoms with E-state index in [1.54, 1.807) is 19.3 Å². The molecule has 4 heteroatoms. The van der Waals surface area contributed by atoms with E-state index in [0.29, 0.717) is 11.3 Å². The fraction of sp³-hybridized carbons (Fsp3) is 0.235. The Kier molecular flexibility index (Phi) is 4.82. The summed E-state index contributed by atoms with van der Waals surface area (Å²) in [5, 5.41) is 0. The molecule has 0 atom stereocenters. The van der Waals surface area contributed by atoms with Crippen LogP contribution in [0.2, 0.25) is 0 Å². The Hall–Kier alpha value is -2.49. The van der Waals surface area contributed by atoms with Gasteiger partial charge in [-0.15, -0.1) is 0 Å². The van der Waals surface area contributed by atoms with Crippen molar-refractivity contribution in [3.05, 3.63) is 53.5 Å². The molecule has 0 bridgehead atoms. The van der Waals surface area contributed by atoms with E-state index >= 15 is 0 Å². The number of furan rings is 1. The molecule has 4 nitrogen and oxygen atoms in total. The molecule has 0 fully saturated rings. The lowest BCUT2D eigenvalue weighted by molar-refractivity contribution is 0.0377. The lowest BCUT2D eigenvalue weighted by atomic mass is 10.1. The largest absolute Gasteiger partial charge is 0.497 e. The van der Waals surface area contributed by atoms with Crippen LogP contribution in [0, 0.1) is 0 Å². The molecule has 2 rings (SSSR count). The van der Waals surface area contributed by atoms with Crippen LogP contribution in [0.15, 0.2) is 41.0 Å². The molecule has 0 aliphatic carbocycles. The third-order valence-electron chi connectivity index (χ3n) is 2.80. The zero-order chi connectivity index (χ0) is 15.2. The maximum atomic E-state index is 11.9. The van der Waals surface area contributed by atoms with Gasteiger partial charge in [-0.25, -0.2) is 4.79 Å². The summed E-state index contributed by atoms with van der Waals surface area (Å²) in [7, 11) is 1.63. The standard InChI is InChI=1S/C17H18O4/c1-12(2)21-17(18)15-10-11-20-16(15)9-6-13-4-7-14(19-3)8-5-13/h4-12H,1-3H3/b9-6+. The minimum absolute atomic E-state index is 0.161. The number of carbonyl (C=O) groups is 1. The van der Waals surface area contributed by atoms with Crippen LogP contribution in [0.5, 0.6) is 5.75 Å². The lowest BCUT2D eigenvalue weighted by Gasteiger charge is -2.06. The Labute approximate surface area is 124 Å². The first-order chi connectivity index (χ1) is 10.1. The predicted octanol–water partition coefficient (Wildman–Crippen LogP) is 4.02. The molecule has 110 valence electrons. The average Bonchev–Trinajstić information content (AvgIpc) is 2.93. The van der Waals surface area contributed by atoms with Crippen molar-refractivity contribution in [3.8, 4) is 5.75 Å². The van der Waals surface area contributed by atoms with Crippen LogP contribution in [-0.4, -0.2) is 19.2 Å². The van der Waals surface area contributed by atoms with E-state index in [2.05, 4.69) is 0 Å². The Balaban J connectivity index is 2.14. The molecule has 0 unspecified atom stereocenters.